The molecular formula is C14H19ClNO2+. The molecule has 0 heterocycles. The second kappa shape index (κ2) is 5.29. The minimum Gasteiger partial charge on any atom is -0.481 e. The number of likely N-dealkylation sites (N-methyl/N-ethyl adjacent to an activating group) is 1. The number of nitrogens with zero attached hydrogens (tertiary/aromatic N) is 1. The number of halogens is 1. The normalized spacial score (nSPS) is 15.2. The van der Waals surface area contributed by atoms with Crippen molar-refractivity contribution in [2.24, 2.45) is 0 Å². The zero-order chi connectivity index (χ0) is 14.0. The van der Waals surface area contributed by atoms with Crippen molar-refractivity contribution in [1.29, 1.82) is 0 Å². The van der Waals surface area contributed by atoms with Gasteiger partial charge in [-0.3, -0.25) is 4.79 Å². The highest BCUT2D eigenvalue weighted by atomic mass is 35.5. The van der Waals surface area contributed by atoms with E-state index in [1.165, 1.54) is 0 Å². The first-order valence-electron chi connectivity index (χ1n) is 5.72. The van der Waals surface area contributed by atoms with Gasteiger partial charge in [-0.15, -0.1) is 0 Å². The summed E-state index contributed by atoms with van der Waals surface area (Å²) in [6.07, 6.45) is 0.0352. The summed E-state index contributed by atoms with van der Waals surface area (Å²) in [5, 5.41) is 9.72. The van der Waals surface area contributed by atoms with Crippen molar-refractivity contribution in [3.8, 4) is 0 Å². The summed E-state index contributed by atoms with van der Waals surface area (Å²) in [5.41, 5.74) is 0.417. The van der Waals surface area contributed by atoms with Crippen molar-refractivity contribution >= 4 is 17.6 Å². The number of carboxylic acid groups (broad SMARTS) is 1. The van der Waals surface area contributed by atoms with Gasteiger partial charge in [0.15, 0.2) is 0 Å². The van der Waals surface area contributed by atoms with Crippen molar-refractivity contribution in [2.45, 2.75) is 18.8 Å². The molecule has 1 rings (SSSR count). The largest absolute Gasteiger partial charge is 0.481 e. The van der Waals surface area contributed by atoms with Gasteiger partial charge in [0, 0.05) is 5.02 Å². The van der Waals surface area contributed by atoms with E-state index in [0.717, 1.165) is 5.56 Å². The number of benzene rings is 1. The zero-order valence-corrected chi connectivity index (χ0v) is 11.7. The average Bonchev–Trinajstić information content (AvgIpc) is 2.13. The van der Waals surface area contributed by atoms with Crippen LogP contribution in [0.2, 0.25) is 5.02 Å². The fraction of sp³-hybridized carbons (Fsp3) is 0.429. The lowest BCUT2D eigenvalue weighted by Gasteiger charge is -2.35. The van der Waals surface area contributed by atoms with Gasteiger partial charge in [-0.1, -0.05) is 23.7 Å². The van der Waals surface area contributed by atoms with Crippen LogP contribution in [0.4, 0.5) is 0 Å². The number of aliphatic carboxylic acids is 1. The monoisotopic (exact) mass is 268 g/mol. The lowest BCUT2D eigenvalue weighted by atomic mass is 9.78. The van der Waals surface area contributed by atoms with Crippen LogP contribution in [0.1, 0.15) is 18.9 Å². The standard InChI is InChI=1S/C14H19ClNO2/c1-14(9-13(17)18,10-16(2,3)4)11-5-7-12(15)8-6-11/h2,5-8H,9-10H2,1,3-4H3,(H,17,18)/q+1. The van der Waals surface area contributed by atoms with Crippen LogP contribution in [-0.4, -0.2) is 36.2 Å². The molecule has 0 saturated carbocycles. The van der Waals surface area contributed by atoms with Gasteiger partial charge in [-0.25, -0.2) is 0 Å². The van der Waals surface area contributed by atoms with Crippen LogP contribution in [0.25, 0.3) is 0 Å². The van der Waals surface area contributed by atoms with Crippen molar-refractivity contribution in [3.63, 3.8) is 0 Å². The molecule has 1 N–H and O–H groups in total. The number of carboxylic acids is 1. The lowest BCUT2D eigenvalue weighted by molar-refractivity contribution is -0.849. The molecule has 0 aliphatic carbocycles. The average molecular weight is 269 g/mol. The van der Waals surface area contributed by atoms with E-state index in [0.29, 0.717) is 11.6 Å². The smallest absolute Gasteiger partial charge is 0.304 e. The third-order valence-electron chi connectivity index (χ3n) is 2.84. The van der Waals surface area contributed by atoms with E-state index in [2.05, 4.69) is 0 Å². The summed E-state index contributed by atoms with van der Waals surface area (Å²) in [6, 6.07) is 7.27. The maximum Gasteiger partial charge on any atom is 0.304 e. The number of rotatable bonds is 5. The first-order chi connectivity index (χ1) is 8.12. The molecule has 18 heavy (non-hydrogen) atoms. The van der Waals surface area contributed by atoms with Crippen LogP contribution in [0.15, 0.2) is 24.3 Å². The molecule has 0 spiro atoms. The van der Waals surface area contributed by atoms with Gasteiger partial charge in [-0.2, -0.15) is 0 Å². The minimum absolute atomic E-state index is 0.0352. The van der Waals surface area contributed by atoms with Crippen LogP contribution < -0.4 is 0 Å². The highest BCUT2D eigenvalue weighted by Gasteiger charge is 2.35. The second-order valence-corrected chi connectivity index (χ2v) is 6.01. The van der Waals surface area contributed by atoms with E-state index in [4.69, 9.17) is 23.8 Å². The Bertz CT molecular complexity index is 422. The summed E-state index contributed by atoms with van der Waals surface area (Å²) in [4.78, 5) is 11.1. The van der Waals surface area contributed by atoms with Gasteiger partial charge in [-0.05, 0) is 24.6 Å². The summed E-state index contributed by atoms with van der Waals surface area (Å²) >= 11 is 5.86. The molecule has 98 valence electrons. The quantitative estimate of drug-likeness (QED) is 0.834. The first kappa shape index (κ1) is 15.0. The van der Waals surface area contributed by atoms with E-state index in [9.17, 15) is 4.79 Å². The Hall–Kier alpha value is -1.06. The molecule has 3 nitrogen and oxygen atoms in total. The van der Waals surface area contributed by atoms with Crippen LogP contribution in [0.5, 0.6) is 0 Å². The molecule has 4 heteroatoms. The summed E-state index contributed by atoms with van der Waals surface area (Å²) < 4.78 is 0.215. The van der Waals surface area contributed by atoms with Gasteiger partial charge in [0.05, 0.1) is 32.5 Å². The Kier molecular flexibility index (Phi) is 4.41. The Morgan fingerprint density at radius 3 is 2.28 bits per heavy atom. The Morgan fingerprint density at radius 1 is 1.39 bits per heavy atom. The topological polar surface area (TPSA) is 37.3 Å². The van der Waals surface area contributed by atoms with Gasteiger partial charge < -0.3 is 9.59 Å². The maximum absolute atomic E-state index is 11.1. The van der Waals surface area contributed by atoms with Crippen molar-refractivity contribution in [3.05, 3.63) is 41.9 Å². The fourth-order valence-electron chi connectivity index (χ4n) is 2.33. The molecule has 2 radical (unpaired) electrons. The Balaban J connectivity index is 3.11. The van der Waals surface area contributed by atoms with E-state index >= 15 is 0 Å². The number of hydrogen-bond acceptors (Lipinski definition) is 1. The molecular weight excluding hydrogens is 250 g/mol. The lowest BCUT2D eigenvalue weighted by Crippen LogP contribution is -2.45. The Labute approximate surface area is 114 Å². The molecule has 0 aromatic heterocycles. The fourth-order valence-corrected chi connectivity index (χ4v) is 2.46. The molecule has 1 aromatic carbocycles. The number of carbonyl (C=O) groups is 1. The van der Waals surface area contributed by atoms with E-state index in [-0.39, 0.29) is 10.9 Å². The third-order valence-corrected chi connectivity index (χ3v) is 3.09. The maximum atomic E-state index is 11.1. The Morgan fingerprint density at radius 2 is 1.89 bits per heavy atom. The summed E-state index contributed by atoms with van der Waals surface area (Å²) in [6.45, 7) is 2.44. The predicted octanol–water partition coefficient (Wildman–Crippen LogP) is 2.82. The zero-order valence-electron chi connectivity index (χ0n) is 11.0. The van der Waals surface area contributed by atoms with Crippen molar-refractivity contribution < 1.29 is 14.4 Å². The predicted molar refractivity (Wildman–Crippen MR) is 72.3 cm³/mol. The highest BCUT2D eigenvalue weighted by molar-refractivity contribution is 6.30. The van der Waals surface area contributed by atoms with Gasteiger partial charge in [0.2, 0.25) is 7.05 Å². The van der Waals surface area contributed by atoms with Gasteiger partial charge in [0.25, 0.3) is 0 Å². The molecule has 1 atom stereocenters. The van der Waals surface area contributed by atoms with Crippen molar-refractivity contribution in [1.82, 2.24) is 0 Å². The molecule has 0 saturated heterocycles. The number of hydrogen-bond donors (Lipinski definition) is 1. The van der Waals surface area contributed by atoms with Crippen LogP contribution >= 0.6 is 11.6 Å². The molecule has 1 unspecified atom stereocenters. The molecule has 0 bridgehead atoms. The molecule has 0 aliphatic rings. The van der Waals surface area contributed by atoms with E-state index in [1.54, 1.807) is 12.1 Å². The SMILES string of the molecule is [CH][N+](C)(C)CC(C)(CC(=O)O)c1ccc(Cl)cc1. The van der Waals surface area contributed by atoms with Crippen molar-refractivity contribution in [2.75, 3.05) is 20.6 Å². The highest BCUT2D eigenvalue weighted by Crippen LogP contribution is 2.31. The van der Waals surface area contributed by atoms with Crippen LogP contribution in [0, 0.1) is 7.05 Å². The van der Waals surface area contributed by atoms with Crippen LogP contribution in [0.3, 0.4) is 0 Å². The molecule has 0 aliphatic heterocycles. The third kappa shape index (κ3) is 4.31. The van der Waals surface area contributed by atoms with Gasteiger partial charge >= 0.3 is 5.97 Å². The van der Waals surface area contributed by atoms with Crippen LogP contribution in [-0.2, 0) is 10.2 Å². The molecule has 0 amide bonds. The van der Waals surface area contributed by atoms with Gasteiger partial charge in [0.1, 0.15) is 0 Å². The van der Waals surface area contributed by atoms with E-state index < -0.39 is 11.4 Å². The summed E-state index contributed by atoms with van der Waals surface area (Å²) in [7, 11) is 9.67. The molecule has 0 fully saturated rings. The van der Waals surface area contributed by atoms with E-state index in [1.807, 2.05) is 33.2 Å². The number of quaternary nitrogens is 1. The first-order valence-corrected chi connectivity index (χ1v) is 6.10. The second-order valence-electron chi connectivity index (χ2n) is 5.57. The summed E-state index contributed by atoms with van der Waals surface area (Å²) in [5.74, 6) is -0.832. The molecule has 1 aromatic rings. The minimum atomic E-state index is -0.832.